The molecule has 0 radical (unpaired) electrons. The van der Waals surface area contributed by atoms with Crippen LogP contribution in [-0.2, 0) is 13.1 Å². The van der Waals surface area contributed by atoms with Crippen LogP contribution in [0.1, 0.15) is 16.7 Å². The van der Waals surface area contributed by atoms with Crippen LogP contribution in [0, 0.1) is 24.4 Å². The van der Waals surface area contributed by atoms with Crippen LogP contribution in [0.3, 0.4) is 0 Å². The van der Waals surface area contributed by atoms with E-state index in [0.717, 1.165) is 23.3 Å². The summed E-state index contributed by atoms with van der Waals surface area (Å²) in [7, 11) is 0. The highest BCUT2D eigenvalue weighted by Gasteiger charge is 2.10. The summed E-state index contributed by atoms with van der Waals surface area (Å²) in [5, 5.41) is 3.05. The molecule has 0 aliphatic heterocycles. The smallest absolute Gasteiger partial charge is 0.194 e. The average molecular weight is 266 g/mol. The molecule has 0 saturated heterocycles. The first-order valence-corrected chi connectivity index (χ1v) is 5.81. The summed E-state index contributed by atoms with van der Waals surface area (Å²) in [6.45, 7) is 2.74. The third kappa shape index (κ3) is 3.32. The second-order valence-corrected chi connectivity index (χ2v) is 4.28. The van der Waals surface area contributed by atoms with Gasteiger partial charge in [-0.1, -0.05) is 0 Å². The van der Waals surface area contributed by atoms with E-state index in [1.807, 2.05) is 13.0 Å². The number of pyridine rings is 1. The van der Waals surface area contributed by atoms with Gasteiger partial charge in [0.2, 0.25) is 0 Å². The molecule has 0 unspecified atom stereocenters. The summed E-state index contributed by atoms with van der Waals surface area (Å²) in [6.07, 6.45) is 3.43. The number of halogens is 3. The van der Waals surface area contributed by atoms with Gasteiger partial charge in [-0.3, -0.25) is 4.98 Å². The topological polar surface area (TPSA) is 24.9 Å². The number of rotatable bonds is 4. The predicted octanol–water partition coefficient (Wildman–Crippen LogP) is 3.10. The van der Waals surface area contributed by atoms with Crippen molar-refractivity contribution in [3.05, 3.63) is 64.7 Å². The molecule has 5 heteroatoms. The fraction of sp³-hybridized carbons (Fsp3) is 0.214. The first-order chi connectivity index (χ1) is 9.08. The van der Waals surface area contributed by atoms with Crippen LogP contribution >= 0.6 is 0 Å². The molecule has 100 valence electrons. The Morgan fingerprint density at radius 1 is 1.11 bits per heavy atom. The van der Waals surface area contributed by atoms with Gasteiger partial charge >= 0.3 is 0 Å². The van der Waals surface area contributed by atoms with Gasteiger partial charge < -0.3 is 5.32 Å². The van der Waals surface area contributed by atoms with Crippen LogP contribution in [0.2, 0.25) is 0 Å². The van der Waals surface area contributed by atoms with Crippen molar-refractivity contribution >= 4 is 0 Å². The predicted molar refractivity (Wildman–Crippen MR) is 65.8 cm³/mol. The van der Waals surface area contributed by atoms with Crippen LogP contribution in [0.5, 0.6) is 0 Å². The first kappa shape index (κ1) is 13.5. The normalized spacial score (nSPS) is 10.7. The van der Waals surface area contributed by atoms with E-state index in [9.17, 15) is 13.2 Å². The SMILES string of the molecule is Cc1cnccc1CNCc1cc(F)c(F)c(F)c1. The monoisotopic (exact) mass is 266 g/mol. The largest absolute Gasteiger partial charge is 0.309 e. The molecule has 2 rings (SSSR count). The van der Waals surface area contributed by atoms with Gasteiger partial charge in [0.1, 0.15) is 0 Å². The molecular weight excluding hydrogens is 253 g/mol. The molecule has 0 saturated carbocycles. The molecule has 0 amide bonds. The molecule has 1 aromatic heterocycles. The zero-order chi connectivity index (χ0) is 13.8. The lowest BCUT2D eigenvalue weighted by Gasteiger charge is -2.08. The zero-order valence-electron chi connectivity index (χ0n) is 10.4. The van der Waals surface area contributed by atoms with Gasteiger partial charge in [-0.15, -0.1) is 0 Å². The van der Waals surface area contributed by atoms with E-state index in [0.29, 0.717) is 12.1 Å². The second kappa shape index (κ2) is 5.84. The molecular formula is C14H13F3N2. The van der Waals surface area contributed by atoms with Crippen molar-refractivity contribution in [2.75, 3.05) is 0 Å². The van der Waals surface area contributed by atoms with Gasteiger partial charge in [0.15, 0.2) is 17.5 Å². The maximum absolute atomic E-state index is 13.0. The van der Waals surface area contributed by atoms with Crippen LogP contribution in [-0.4, -0.2) is 4.98 Å². The van der Waals surface area contributed by atoms with Crippen LogP contribution < -0.4 is 5.32 Å². The zero-order valence-corrected chi connectivity index (χ0v) is 10.4. The van der Waals surface area contributed by atoms with Crippen molar-refractivity contribution in [1.29, 1.82) is 0 Å². The third-order valence-electron chi connectivity index (χ3n) is 2.82. The lowest BCUT2D eigenvalue weighted by Crippen LogP contribution is -2.14. The van der Waals surface area contributed by atoms with Crippen molar-refractivity contribution in [2.45, 2.75) is 20.0 Å². The van der Waals surface area contributed by atoms with Crippen molar-refractivity contribution in [2.24, 2.45) is 0 Å². The lowest BCUT2D eigenvalue weighted by atomic mass is 10.1. The van der Waals surface area contributed by atoms with Crippen molar-refractivity contribution in [3.8, 4) is 0 Å². The summed E-state index contributed by atoms with van der Waals surface area (Å²) in [6, 6.07) is 3.85. The van der Waals surface area contributed by atoms with E-state index in [-0.39, 0.29) is 6.54 Å². The molecule has 0 spiro atoms. The Kier molecular flexibility index (Phi) is 4.16. The third-order valence-corrected chi connectivity index (χ3v) is 2.82. The Balaban J connectivity index is 1.98. The molecule has 2 nitrogen and oxygen atoms in total. The van der Waals surface area contributed by atoms with Crippen molar-refractivity contribution in [1.82, 2.24) is 10.3 Å². The highest BCUT2D eigenvalue weighted by Crippen LogP contribution is 2.13. The molecule has 1 heterocycles. The molecule has 0 atom stereocenters. The number of aryl methyl sites for hydroxylation is 1. The fourth-order valence-electron chi connectivity index (χ4n) is 1.75. The Morgan fingerprint density at radius 2 is 1.79 bits per heavy atom. The Bertz CT molecular complexity index is 562. The van der Waals surface area contributed by atoms with Crippen molar-refractivity contribution in [3.63, 3.8) is 0 Å². The Morgan fingerprint density at radius 3 is 2.42 bits per heavy atom. The quantitative estimate of drug-likeness (QED) is 0.860. The maximum Gasteiger partial charge on any atom is 0.194 e. The lowest BCUT2D eigenvalue weighted by molar-refractivity contribution is 0.444. The fourth-order valence-corrected chi connectivity index (χ4v) is 1.75. The molecule has 1 N–H and O–H groups in total. The molecule has 1 aromatic carbocycles. The van der Waals surface area contributed by atoms with E-state index in [1.54, 1.807) is 12.4 Å². The van der Waals surface area contributed by atoms with Gasteiger partial charge in [0, 0.05) is 25.5 Å². The van der Waals surface area contributed by atoms with Crippen LogP contribution in [0.25, 0.3) is 0 Å². The van der Waals surface area contributed by atoms with E-state index in [4.69, 9.17) is 0 Å². The van der Waals surface area contributed by atoms with E-state index >= 15 is 0 Å². The van der Waals surface area contributed by atoms with E-state index < -0.39 is 17.5 Å². The van der Waals surface area contributed by atoms with Crippen LogP contribution in [0.4, 0.5) is 13.2 Å². The summed E-state index contributed by atoms with van der Waals surface area (Å²) in [4.78, 5) is 3.98. The van der Waals surface area contributed by atoms with Gasteiger partial charge in [0.25, 0.3) is 0 Å². The highest BCUT2D eigenvalue weighted by atomic mass is 19.2. The summed E-state index contributed by atoms with van der Waals surface area (Å²) >= 11 is 0. The number of aromatic nitrogens is 1. The number of nitrogens with zero attached hydrogens (tertiary/aromatic N) is 1. The molecule has 19 heavy (non-hydrogen) atoms. The Hall–Kier alpha value is -1.88. The minimum atomic E-state index is -1.44. The highest BCUT2D eigenvalue weighted by molar-refractivity contribution is 5.22. The number of nitrogens with one attached hydrogen (secondary N) is 1. The molecule has 0 fully saturated rings. The first-order valence-electron chi connectivity index (χ1n) is 5.81. The Labute approximate surface area is 109 Å². The van der Waals surface area contributed by atoms with Gasteiger partial charge in [-0.05, 0) is 41.8 Å². The molecule has 2 aromatic rings. The minimum absolute atomic E-state index is 0.260. The standard InChI is InChI=1S/C14H13F3N2/c1-9-6-18-3-2-11(9)8-19-7-10-4-12(15)14(17)13(16)5-10/h2-6,19H,7-8H2,1H3. The number of hydrogen-bond acceptors (Lipinski definition) is 2. The second-order valence-electron chi connectivity index (χ2n) is 4.28. The van der Waals surface area contributed by atoms with E-state index in [1.165, 1.54) is 0 Å². The van der Waals surface area contributed by atoms with Gasteiger partial charge in [-0.25, -0.2) is 13.2 Å². The maximum atomic E-state index is 13.0. The summed E-state index contributed by atoms with van der Waals surface area (Å²) in [5.41, 5.74) is 2.45. The minimum Gasteiger partial charge on any atom is -0.309 e. The average Bonchev–Trinajstić information content (AvgIpc) is 2.38. The molecule has 0 bridgehead atoms. The van der Waals surface area contributed by atoms with Crippen LogP contribution in [0.15, 0.2) is 30.6 Å². The van der Waals surface area contributed by atoms with Gasteiger partial charge in [-0.2, -0.15) is 0 Å². The van der Waals surface area contributed by atoms with Gasteiger partial charge in [0.05, 0.1) is 0 Å². The van der Waals surface area contributed by atoms with Crippen molar-refractivity contribution < 1.29 is 13.2 Å². The summed E-state index contributed by atoms with van der Waals surface area (Å²) < 4.78 is 38.8. The number of benzene rings is 1. The number of hydrogen-bond donors (Lipinski definition) is 1. The summed E-state index contributed by atoms with van der Waals surface area (Å²) in [5.74, 6) is -3.78. The van der Waals surface area contributed by atoms with E-state index in [2.05, 4.69) is 10.3 Å². The molecule has 0 aliphatic carbocycles. The molecule has 0 aliphatic rings.